The number of amides is 1. The number of hydrogen-bond donors (Lipinski definition) is 1. The fraction of sp³-hybridized carbons (Fsp3) is 0.348. The lowest BCUT2D eigenvalue weighted by atomic mass is 10.1. The number of nitrogens with two attached hydrogens (primary N) is 1. The van der Waals surface area contributed by atoms with Gasteiger partial charge in [-0.2, -0.15) is 0 Å². The molecule has 1 aromatic heterocycles. The summed E-state index contributed by atoms with van der Waals surface area (Å²) in [5.74, 6) is 0.0351. The summed E-state index contributed by atoms with van der Waals surface area (Å²) in [6.07, 6.45) is 0. The Hall–Kier alpha value is -3.19. The molecule has 2 aromatic carbocycles. The number of carbonyl (C=O) groups is 1. The highest BCUT2D eigenvalue weighted by Gasteiger charge is 2.21. The Morgan fingerprint density at radius 2 is 1.77 bits per heavy atom. The van der Waals surface area contributed by atoms with Gasteiger partial charge in [0, 0.05) is 31.9 Å². The molecule has 2 heterocycles. The van der Waals surface area contributed by atoms with Crippen molar-refractivity contribution in [3.63, 3.8) is 0 Å². The summed E-state index contributed by atoms with van der Waals surface area (Å²) in [5, 5.41) is 0.502. The van der Waals surface area contributed by atoms with E-state index >= 15 is 0 Å². The molecule has 0 aliphatic carbocycles. The molecule has 1 saturated heterocycles. The van der Waals surface area contributed by atoms with Crippen LogP contribution in [0.3, 0.4) is 0 Å². The maximum atomic E-state index is 12.9. The van der Waals surface area contributed by atoms with E-state index in [9.17, 15) is 9.59 Å². The highest BCUT2D eigenvalue weighted by Crippen LogP contribution is 2.24. The quantitative estimate of drug-likeness (QED) is 0.700. The summed E-state index contributed by atoms with van der Waals surface area (Å²) in [6.45, 7) is 8.16. The molecule has 7 nitrogen and oxygen atoms in total. The average molecular weight is 406 g/mol. The molecule has 2 N–H and O–H groups in total. The van der Waals surface area contributed by atoms with Crippen molar-refractivity contribution in [1.82, 2.24) is 14.5 Å². The summed E-state index contributed by atoms with van der Waals surface area (Å²) >= 11 is 0. The summed E-state index contributed by atoms with van der Waals surface area (Å²) in [6, 6.07) is 13.6. The second-order valence-electron chi connectivity index (χ2n) is 7.89. The Bertz CT molecular complexity index is 1150. The van der Waals surface area contributed by atoms with Gasteiger partial charge in [0.1, 0.15) is 12.4 Å². The van der Waals surface area contributed by atoms with Gasteiger partial charge in [0.2, 0.25) is 5.91 Å². The number of carbonyl (C=O) groups excluding carboxylic acids is 1. The van der Waals surface area contributed by atoms with E-state index < -0.39 is 5.91 Å². The van der Waals surface area contributed by atoms with Gasteiger partial charge in [-0.15, -0.1) is 0 Å². The summed E-state index contributed by atoms with van der Waals surface area (Å²) in [4.78, 5) is 33.9. The number of aryl methyl sites for hydroxylation is 1. The van der Waals surface area contributed by atoms with E-state index in [2.05, 4.69) is 46.8 Å². The van der Waals surface area contributed by atoms with E-state index in [1.165, 1.54) is 21.4 Å². The zero-order valence-corrected chi connectivity index (χ0v) is 17.5. The Kier molecular flexibility index (Phi) is 5.55. The van der Waals surface area contributed by atoms with Crippen LogP contribution in [0.1, 0.15) is 17.0 Å². The fourth-order valence-electron chi connectivity index (χ4n) is 4.08. The van der Waals surface area contributed by atoms with E-state index in [0.717, 1.165) is 26.2 Å². The largest absolute Gasteiger partial charge is 0.369 e. The minimum absolute atomic E-state index is 0.158. The van der Waals surface area contributed by atoms with Crippen LogP contribution in [-0.2, 0) is 17.9 Å². The van der Waals surface area contributed by atoms with E-state index in [4.69, 9.17) is 5.73 Å². The number of hydrogen-bond acceptors (Lipinski definition) is 5. The molecule has 4 rings (SSSR count). The van der Waals surface area contributed by atoms with Crippen molar-refractivity contribution >= 4 is 22.5 Å². The number of rotatable bonds is 5. The van der Waals surface area contributed by atoms with Gasteiger partial charge in [-0.3, -0.25) is 19.1 Å². The molecule has 0 spiro atoms. The summed E-state index contributed by atoms with van der Waals surface area (Å²) in [5.41, 5.74) is 9.72. The number of nitrogens with zero attached hydrogens (tertiary/aromatic N) is 4. The third-order valence-electron chi connectivity index (χ3n) is 5.91. The second kappa shape index (κ2) is 8.28. The Balaban J connectivity index is 1.56. The van der Waals surface area contributed by atoms with Crippen molar-refractivity contribution in [1.29, 1.82) is 0 Å². The first-order chi connectivity index (χ1) is 14.4. The van der Waals surface area contributed by atoms with Crippen LogP contribution < -0.4 is 16.2 Å². The van der Waals surface area contributed by atoms with Crippen LogP contribution in [0.15, 0.2) is 47.3 Å². The molecule has 7 heteroatoms. The predicted octanol–water partition coefficient (Wildman–Crippen LogP) is 1.82. The molecule has 1 aliphatic heterocycles. The molecule has 0 saturated carbocycles. The van der Waals surface area contributed by atoms with Crippen LogP contribution in [0.25, 0.3) is 10.9 Å². The number of anilines is 1. The number of aromatic nitrogens is 2. The molecular formula is C23H27N5O2. The first-order valence-electron chi connectivity index (χ1n) is 10.2. The van der Waals surface area contributed by atoms with Crippen LogP contribution in [0.5, 0.6) is 0 Å². The van der Waals surface area contributed by atoms with Crippen LogP contribution in [0.2, 0.25) is 0 Å². The maximum Gasteiger partial charge on any atom is 0.261 e. The molecule has 0 atom stereocenters. The Morgan fingerprint density at radius 1 is 1.03 bits per heavy atom. The smallest absolute Gasteiger partial charge is 0.261 e. The van der Waals surface area contributed by atoms with Crippen LogP contribution in [0, 0.1) is 13.8 Å². The first-order valence-corrected chi connectivity index (χ1v) is 10.2. The van der Waals surface area contributed by atoms with Crippen LogP contribution in [-0.4, -0.2) is 46.5 Å². The highest BCUT2D eigenvalue weighted by molar-refractivity contribution is 5.78. The van der Waals surface area contributed by atoms with Gasteiger partial charge >= 0.3 is 0 Å². The fourth-order valence-corrected chi connectivity index (χ4v) is 4.08. The Morgan fingerprint density at radius 3 is 2.50 bits per heavy atom. The van der Waals surface area contributed by atoms with Crippen LogP contribution >= 0.6 is 0 Å². The van der Waals surface area contributed by atoms with Gasteiger partial charge in [0.05, 0.1) is 17.4 Å². The number of benzene rings is 2. The summed E-state index contributed by atoms with van der Waals surface area (Å²) in [7, 11) is 0. The Labute approximate surface area is 175 Å². The van der Waals surface area contributed by atoms with Crippen molar-refractivity contribution < 1.29 is 4.79 Å². The molecule has 0 bridgehead atoms. The number of primary amides is 1. The lowest BCUT2D eigenvalue weighted by Gasteiger charge is -2.37. The molecule has 3 aromatic rings. The average Bonchev–Trinajstić information content (AvgIpc) is 2.73. The zero-order chi connectivity index (χ0) is 21.3. The van der Waals surface area contributed by atoms with E-state index in [-0.39, 0.29) is 12.1 Å². The second-order valence-corrected chi connectivity index (χ2v) is 7.89. The summed E-state index contributed by atoms with van der Waals surface area (Å²) < 4.78 is 1.42. The van der Waals surface area contributed by atoms with E-state index in [1.807, 2.05) is 12.1 Å². The van der Waals surface area contributed by atoms with Gasteiger partial charge in [-0.1, -0.05) is 24.3 Å². The normalized spacial score (nSPS) is 14.9. The minimum Gasteiger partial charge on any atom is -0.369 e. The van der Waals surface area contributed by atoms with Crippen molar-refractivity contribution in [2.24, 2.45) is 5.73 Å². The lowest BCUT2D eigenvalue weighted by molar-refractivity contribution is -0.118. The molecule has 1 amide bonds. The van der Waals surface area contributed by atoms with Crippen LogP contribution in [0.4, 0.5) is 5.69 Å². The molecule has 0 unspecified atom stereocenters. The van der Waals surface area contributed by atoms with Gasteiger partial charge in [0.15, 0.2) is 0 Å². The van der Waals surface area contributed by atoms with E-state index in [1.54, 1.807) is 12.1 Å². The van der Waals surface area contributed by atoms with Crippen molar-refractivity contribution in [2.75, 3.05) is 31.1 Å². The number of piperazine rings is 1. The third-order valence-corrected chi connectivity index (χ3v) is 5.91. The molecule has 156 valence electrons. The predicted molar refractivity (Wildman–Crippen MR) is 119 cm³/mol. The molecule has 1 fully saturated rings. The topological polar surface area (TPSA) is 84.5 Å². The van der Waals surface area contributed by atoms with Gasteiger partial charge in [-0.25, -0.2) is 4.98 Å². The monoisotopic (exact) mass is 405 g/mol. The van der Waals surface area contributed by atoms with Gasteiger partial charge < -0.3 is 10.6 Å². The number of para-hydroxylation sites is 1. The highest BCUT2D eigenvalue weighted by atomic mass is 16.2. The lowest BCUT2D eigenvalue weighted by Crippen LogP contribution is -2.47. The zero-order valence-electron chi connectivity index (χ0n) is 17.5. The number of fused-ring (bicyclic) bond motifs is 1. The first kappa shape index (κ1) is 20.1. The minimum atomic E-state index is -0.546. The molecule has 1 aliphatic rings. The third kappa shape index (κ3) is 3.93. The van der Waals surface area contributed by atoms with Crippen molar-refractivity contribution in [3.05, 3.63) is 69.8 Å². The van der Waals surface area contributed by atoms with Crippen molar-refractivity contribution in [3.8, 4) is 0 Å². The van der Waals surface area contributed by atoms with E-state index in [0.29, 0.717) is 23.3 Å². The SMILES string of the molecule is Cc1cccc(N2CCN(Cc3nc4ccccc4c(=O)n3CC(N)=O)CC2)c1C. The molecule has 30 heavy (non-hydrogen) atoms. The maximum absolute atomic E-state index is 12.9. The molecular weight excluding hydrogens is 378 g/mol. The molecule has 0 radical (unpaired) electrons. The van der Waals surface area contributed by atoms with Gasteiger partial charge in [0.25, 0.3) is 5.56 Å². The van der Waals surface area contributed by atoms with Crippen molar-refractivity contribution in [2.45, 2.75) is 26.9 Å². The van der Waals surface area contributed by atoms with Gasteiger partial charge in [-0.05, 0) is 43.2 Å². The standard InChI is InChI=1S/C23H27N5O2/c1-16-6-5-9-20(17(16)2)27-12-10-26(11-13-27)15-22-25-19-8-4-3-7-18(19)23(30)28(22)14-21(24)29/h3-9H,10-15H2,1-2H3,(H2,24,29).